The van der Waals surface area contributed by atoms with E-state index < -0.39 is 36.5 Å². The molecule has 6 nitrogen and oxygen atoms in total. The maximum absolute atomic E-state index is 13.7. The van der Waals surface area contributed by atoms with Gasteiger partial charge in [0.05, 0.1) is 23.9 Å². The van der Waals surface area contributed by atoms with Crippen LogP contribution in [-0.2, 0) is 9.53 Å². The predicted molar refractivity (Wildman–Crippen MR) is 78.9 cm³/mol. The van der Waals surface area contributed by atoms with E-state index in [-0.39, 0.29) is 23.5 Å². The second-order valence-corrected chi connectivity index (χ2v) is 4.86. The predicted octanol–water partition coefficient (Wildman–Crippen LogP) is 2.76. The van der Waals surface area contributed by atoms with Crippen LogP contribution < -0.4 is 16.4 Å². The molecule has 0 aromatic heterocycles. The van der Waals surface area contributed by atoms with Crippen molar-refractivity contribution in [3.63, 3.8) is 0 Å². The minimum Gasteiger partial charge on any atom is -0.450 e. The molecule has 1 unspecified atom stereocenters. The quantitative estimate of drug-likeness (QED) is 0.562. The second-order valence-electron chi connectivity index (χ2n) is 4.86. The minimum absolute atomic E-state index is 0.0259. The third-order valence-electron chi connectivity index (χ3n) is 3.00. The Morgan fingerprint density at radius 1 is 1.33 bits per heavy atom. The molecule has 0 spiro atoms. The Hall–Kier alpha value is -2.52. The molecule has 0 aliphatic heterocycles. The van der Waals surface area contributed by atoms with Crippen molar-refractivity contribution in [3.8, 4) is 0 Å². The highest BCUT2D eigenvalue weighted by molar-refractivity contribution is 5.91. The molecular formula is C14H17F4N3O3. The van der Waals surface area contributed by atoms with Crippen molar-refractivity contribution in [2.45, 2.75) is 25.9 Å². The van der Waals surface area contributed by atoms with E-state index in [4.69, 9.17) is 5.73 Å². The highest BCUT2D eigenvalue weighted by atomic mass is 19.4. The van der Waals surface area contributed by atoms with Gasteiger partial charge < -0.3 is 15.8 Å². The summed E-state index contributed by atoms with van der Waals surface area (Å²) in [5, 5.41) is 3.98. The summed E-state index contributed by atoms with van der Waals surface area (Å²) in [6, 6.07) is 1.95. The first-order valence-electron chi connectivity index (χ1n) is 6.92. The summed E-state index contributed by atoms with van der Waals surface area (Å²) >= 11 is 0. The van der Waals surface area contributed by atoms with E-state index in [9.17, 15) is 27.2 Å². The molecular weight excluding hydrogens is 334 g/mol. The summed E-state index contributed by atoms with van der Waals surface area (Å²) in [7, 11) is 0. The third kappa shape index (κ3) is 5.60. The molecule has 1 atom stereocenters. The lowest BCUT2D eigenvalue weighted by Gasteiger charge is -2.18. The van der Waals surface area contributed by atoms with Crippen molar-refractivity contribution in [3.05, 3.63) is 23.5 Å². The van der Waals surface area contributed by atoms with Crippen molar-refractivity contribution in [2.75, 3.05) is 24.2 Å². The molecule has 0 radical (unpaired) electrons. The molecule has 0 aliphatic rings. The number of carbonyl (C=O) groups is 2. The summed E-state index contributed by atoms with van der Waals surface area (Å²) in [5.41, 5.74) is 5.06. The highest BCUT2D eigenvalue weighted by Crippen LogP contribution is 2.29. The number of hydrogen-bond acceptors (Lipinski definition) is 4. The fourth-order valence-corrected chi connectivity index (χ4v) is 1.83. The number of rotatable bonds is 5. The number of hydrogen-bond donors (Lipinski definition) is 3. The van der Waals surface area contributed by atoms with Crippen molar-refractivity contribution in [2.24, 2.45) is 0 Å². The number of nitrogen functional groups attached to an aromatic ring is 1. The van der Waals surface area contributed by atoms with Crippen LogP contribution in [0.4, 0.5) is 33.7 Å². The van der Waals surface area contributed by atoms with Crippen molar-refractivity contribution >= 4 is 23.4 Å². The zero-order valence-electron chi connectivity index (χ0n) is 13.0. The first-order chi connectivity index (χ1) is 11.0. The second kappa shape index (κ2) is 7.84. The van der Waals surface area contributed by atoms with Crippen LogP contribution in [0.2, 0.25) is 0 Å². The van der Waals surface area contributed by atoms with E-state index in [0.29, 0.717) is 0 Å². The first-order valence-corrected chi connectivity index (χ1v) is 6.92. The Bertz CT molecular complexity index is 620. The van der Waals surface area contributed by atoms with Crippen LogP contribution >= 0.6 is 0 Å². The average molecular weight is 351 g/mol. The fraction of sp³-hybridized carbons (Fsp3) is 0.429. The number of amides is 2. The number of anilines is 2. The molecule has 1 aromatic carbocycles. The van der Waals surface area contributed by atoms with E-state index in [0.717, 1.165) is 12.1 Å². The van der Waals surface area contributed by atoms with Crippen LogP contribution in [0.5, 0.6) is 0 Å². The van der Waals surface area contributed by atoms with Crippen LogP contribution in [0.1, 0.15) is 25.3 Å². The van der Waals surface area contributed by atoms with E-state index in [1.807, 2.05) is 0 Å². The number of halogens is 4. The Labute approximate surface area is 135 Å². The Morgan fingerprint density at radius 2 is 1.96 bits per heavy atom. The number of alkyl halides is 3. The van der Waals surface area contributed by atoms with Gasteiger partial charge in [0.15, 0.2) is 0 Å². The van der Waals surface area contributed by atoms with Gasteiger partial charge in [-0.25, -0.2) is 9.18 Å². The zero-order chi connectivity index (χ0) is 18.5. The molecule has 0 heterocycles. The van der Waals surface area contributed by atoms with Gasteiger partial charge in [0.1, 0.15) is 12.4 Å². The minimum atomic E-state index is -4.58. The lowest BCUT2D eigenvalue weighted by molar-refractivity contribution is -0.139. The molecule has 2 amide bonds. The molecule has 1 rings (SSSR count). The molecule has 1 aromatic rings. The Morgan fingerprint density at radius 3 is 2.50 bits per heavy atom. The Balaban J connectivity index is 3.04. The largest absolute Gasteiger partial charge is 0.450 e. The molecule has 4 N–H and O–H groups in total. The summed E-state index contributed by atoms with van der Waals surface area (Å²) < 4.78 is 54.8. The van der Waals surface area contributed by atoms with Crippen molar-refractivity contribution in [1.82, 2.24) is 5.32 Å². The first kappa shape index (κ1) is 19.5. The van der Waals surface area contributed by atoms with Crippen LogP contribution in [-0.4, -0.2) is 31.3 Å². The van der Waals surface area contributed by atoms with Gasteiger partial charge in [-0.15, -0.1) is 0 Å². The lowest BCUT2D eigenvalue weighted by atomic mass is 9.97. The Kier molecular flexibility index (Phi) is 6.38. The van der Waals surface area contributed by atoms with E-state index in [1.165, 1.54) is 6.92 Å². The van der Waals surface area contributed by atoms with Crippen molar-refractivity contribution < 1.29 is 31.9 Å². The number of nitrogens with two attached hydrogens (primary N) is 1. The van der Waals surface area contributed by atoms with Gasteiger partial charge in [0, 0.05) is 0 Å². The topological polar surface area (TPSA) is 93.4 Å². The SMILES string of the molecule is CCOC(=O)Nc1cc(N)c(F)cc1C(C)C(=O)NCC(F)(F)F. The summed E-state index contributed by atoms with van der Waals surface area (Å²) in [4.78, 5) is 23.3. The van der Waals surface area contributed by atoms with Crippen LogP contribution in [0.3, 0.4) is 0 Å². The van der Waals surface area contributed by atoms with Crippen molar-refractivity contribution in [1.29, 1.82) is 0 Å². The van der Waals surface area contributed by atoms with Gasteiger partial charge in [-0.3, -0.25) is 10.1 Å². The molecule has 0 saturated heterocycles. The molecule has 10 heteroatoms. The molecule has 0 saturated carbocycles. The third-order valence-corrected chi connectivity index (χ3v) is 3.00. The standard InChI is InChI=1S/C14H17F4N3O3/c1-3-24-13(23)21-11-5-10(19)9(15)4-8(11)7(2)12(22)20-6-14(16,17)18/h4-5,7H,3,6,19H2,1-2H3,(H,20,22)(H,21,23). The van der Waals surface area contributed by atoms with Gasteiger partial charge in [-0.2, -0.15) is 13.2 Å². The van der Waals surface area contributed by atoms with E-state index in [2.05, 4.69) is 10.1 Å². The summed E-state index contributed by atoms with van der Waals surface area (Å²) in [6.45, 7) is 1.38. The fourth-order valence-electron chi connectivity index (χ4n) is 1.83. The maximum Gasteiger partial charge on any atom is 0.411 e. The number of benzene rings is 1. The normalized spacial score (nSPS) is 12.4. The molecule has 0 fully saturated rings. The van der Waals surface area contributed by atoms with Crippen LogP contribution in [0.15, 0.2) is 12.1 Å². The number of nitrogens with one attached hydrogen (secondary N) is 2. The summed E-state index contributed by atoms with van der Waals surface area (Å²) in [5.74, 6) is -3.02. The molecule has 134 valence electrons. The van der Waals surface area contributed by atoms with Gasteiger partial charge >= 0.3 is 12.3 Å². The maximum atomic E-state index is 13.7. The molecule has 0 bridgehead atoms. The van der Waals surface area contributed by atoms with Gasteiger partial charge in [0.25, 0.3) is 0 Å². The lowest BCUT2D eigenvalue weighted by Crippen LogP contribution is -2.36. The van der Waals surface area contributed by atoms with Gasteiger partial charge in [0.2, 0.25) is 5.91 Å². The number of ether oxygens (including phenoxy) is 1. The van der Waals surface area contributed by atoms with Gasteiger partial charge in [-0.1, -0.05) is 0 Å². The highest BCUT2D eigenvalue weighted by Gasteiger charge is 2.30. The van der Waals surface area contributed by atoms with E-state index in [1.54, 1.807) is 12.2 Å². The zero-order valence-corrected chi connectivity index (χ0v) is 13.0. The van der Waals surface area contributed by atoms with Gasteiger partial charge in [-0.05, 0) is 31.5 Å². The smallest absolute Gasteiger partial charge is 0.411 e. The average Bonchev–Trinajstić information content (AvgIpc) is 2.47. The summed E-state index contributed by atoms with van der Waals surface area (Å²) in [6.07, 6.45) is -5.44. The van der Waals surface area contributed by atoms with E-state index >= 15 is 0 Å². The monoisotopic (exact) mass is 351 g/mol. The number of carbonyl (C=O) groups excluding carboxylic acids is 2. The molecule has 0 aliphatic carbocycles. The van der Waals surface area contributed by atoms with Crippen LogP contribution in [0, 0.1) is 5.82 Å². The molecule has 24 heavy (non-hydrogen) atoms. The van der Waals surface area contributed by atoms with Crippen LogP contribution in [0.25, 0.3) is 0 Å².